The van der Waals surface area contributed by atoms with Gasteiger partial charge in [-0.1, -0.05) is 49.4 Å². The van der Waals surface area contributed by atoms with Crippen LogP contribution in [-0.4, -0.2) is 29.0 Å². The Labute approximate surface area is 135 Å². The number of fused-ring (bicyclic) bond motifs is 1. The van der Waals surface area contributed by atoms with Crippen molar-refractivity contribution >= 4 is 17.6 Å². The van der Waals surface area contributed by atoms with Crippen LogP contribution in [0.25, 0.3) is 0 Å². The van der Waals surface area contributed by atoms with Crippen LogP contribution in [0.5, 0.6) is 0 Å². The average molecular weight is 309 g/mol. The standard InChI is InChI=1S/C11H11NO2.C8H8O/c1-2-7-12-10(13)8-5-3-4-6-9(8)11(12)14;1-7(9)8-5-3-2-4-6-8/h3-6H,2,7H2,1H3;2-6H,1H3. The Morgan fingerprint density at radius 2 is 1.35 bits per heavy atom. The van der Waals surface area contributed by atoms with Gasteiger partial charge in [0.05, 0.1) is 11.1 Å². The van der Waals surface area contributed by atoms with Crippen LogP contribution < -0.4 is 0 Å². The van der Waals surface area contributed by atoms with E-state index in [0.717, 1.165) is 12.0 Å². The van der Waals surface area contributed by atoms with Crippen LogP contribution in [0.2, 0.25) is 0 Å². The highest BCUT2D eigenvalue weighted by molar-refractivity contribution is 6.21. The highest BCUT2D eigenvalue weighted by Crippen LogP contribution is 2.22. The topological polar surface area (TPSA) is 54.5 Å². The molecule has 1 heterocycles. The van der Waals surface area contributed by atoms with Crippen molar-refractivity contribution in [1.82, 2.24) is 4.90 Å². The molecule has 0 saturated heterocycles. The zero-order valence-electron chi connectivity index (χ0n) is 13.3. The normalized spacial score (nSPS) is 12.5. The molecule has 0 saturated carbocycles. The number of imide groups is 1. The molecule has 4 nitrogen and oxygen atoms in total. The Morgan fingerprint density at radius 3 is 1.74 bits per heavy atom. The minimum absolute atomic E-state index is 0.121. The maximum Gasteiger partial charge on any atom is 0.261 e. The number of hydrogen-bond acceptors (Lipinski definition) is 3. The van der Waals surface area contributed by atoms with E-state index in [4.69, 9.17) is 0 Å². The van der Waals surface area contributed by atoms with Gasteiger partial charge in [-0.25, -0.2) is 0 Å². The minimum atomic E-state index is -0.160. The van der Waals surface area contributed by atoms with E-state index in [2.05, 4.69) is 0 Å². The van der Waals surface area contributed by atoms with Crippen molar-refractivity contribution in [2.75, 3.05) is 6.54 Å². The molecule has 3 rings (SSSR count). The number of benzene rings is 2. The first kappa shape index (κ1) is 16.6. The van der Waals surface area contributed by atoms with Gasteiger partial charge < -0.3 is 0 Å². The summed E-state index contributed by atoms with van der Waals surface area (Å²) in [4.78, 5) is 35.4. The second-order valence-corrected chi connectivity index (χ2v) is 5.23. The van der Waals surface area contributed by atoms with E-state index in [1.165, 1.54) is 4.90 Å². The van der Waals surface area contributed by atoms with Crippen LogP contribution in [0, 0.1) is 0 Å². The lowest BCUT2D eigenvalue weighted by atomic mass is 10.1. The van der Waals surface area contributed by atoms with Gasteiger partial charge in [0, 0.05) is 12.1 Å². The summed E-state index contributed by atoms with van der Waals surface area (Å²) in [5.41, 5.74) is 1.84. The smallest absolute Gasteiger partial charge is 0.261 e. The summed E-state index contributed by atoms with van der Waals surface area (Å²) in [6.07, 6.45) is 0.797. The second kappa shape index (κ2) is 7.49. The van der Waals surface area contributed by atoms with Crippen LogP contribution in [0.3, 0.4) is 0 Å². The fraction of sp³-hybridized carbons (Fsp3) is 0.211. The highest BCUT2D eigenvalue weighted by atomic mass is 16.2. The van der Waals surface area contributed by atoms with E-state index in [1.54, 1.807) is 31.2 Å². The van der Waals surface area contributed by atoms with Gasteiger partial charge in [0.2, 0.25) is 0 Å². The lowest BCUT2D eigenvalue weighted by Gasteiger charge is -2.11. The van der Waals surface area contributed by atoms with Crippen molar-refractivity contribution in [2.45, 2.75) is 20.3 Å². The number of amides is 2. The summed E-state index contributed by atoms with van der Waals surface area (Å²) in [6.45, 7) is 4.02. The lowest BCUT2D eigenvalue weighted by Crippen LogP contribution is -2.30. The number of Topliss-reactive ketones (excluding diaryl/α,β-unsaturated/α-hetero) is 1. The van der Waals surface area contributed by atoms with Crippen LogP contribution >= 0.6 is 0 Å². The van der Waals surface area contributed by atoms with Crippen molar-refractivity contribution in [2.24, 2.45) is 0 Å². The summed E-state index contributed by atoms with van der Waals surface area (Å²) in [6, 6.07) is 16.2. The Hall–Kier alpha value is -2.75. The van der Waals surface area contributed by atoms with E-state index in [9.17, 15) is 14.4 Å². The molecule has 0 N–H and O–H groups in total. The molecule has 0 bridgehead atoms. The van der Waals surface area contributed by atoms with E-state index < -0.39 is 0 Å². The van der Waals surface area contributed by atoms with E-state index in [1.807, 2.05) is 37.3 Å². The number of rotatable bonds is 3. The van der Waals surface area contributed by atoms with Gasteiger partial charge in [0.25, 0.3) is 11.8 Å². The summed E-state index contributed by atoms with van der Waals surface area (Å²) >= 11 is 0. The van der Waals surface area contributed by atoms with Gasteiger partial charge >= 0.3 is 0 Å². The number of ketones is 1. The Bertz CT molecular complexity index is 687. The van der Waals surface area contributed by atoms with Crippen molar-refractivity contribution in [3.05, 3.63) is 71.3 Å². The summed E-state index contributed by atoms with van der Waals surface area (Å²) < 4.78 is 0. The number of carbonyl (C=O) groups excluding carboxylic acids is 3. The molecule has 0 fully saturated rings. The summed E-state index contributed by atoms with van der Waals surface area (Å²) in [5, 5.41) is 0. The molecule has 2 aromatic carbocycles. The molecule has 0 aliphatic carbocycles. The third-order valence-corrected chi connectivity index (χ3v) is 3.51. The lowest BCUT2D eigenvalue weighted by molar-refractivity contribution is 0.0654. The SMILES string of the molecule is CC(=O)c1ccccc1.CCCN1C(=O)c2ccccc2C1=O. The molecule has 1 aliphatic rings. The van der Waals surface area contributed by atoms with E-state index in [-0.39, 0.29) is 17.6 Å². The molecule has 118 valence electrons. The van der Waals surface area contributed by atoms with Gasteiger partial charge in [-0.15, -0.1) is 0 Å². The molecular formula is C19H19NO3. The molecule has 1 aliphatic heterocycles. The molecule has 2 amide bonds. The summed E-state index contributed by atoms with van der Waals surface area (Å²) in [5.74, 6) is -0.199. The Morgan fingerprint density at radius 1 is 0.870 bits per heavy atom. The molecular weight excluding hydrogens is 290 g/mol. The minimum Gasteiger partial charge on any atom is -0.295 e. The van der Waals surface area contributed by atoms with Crippen molar-refractivity contribution in [3.63, 3.8) is 0 Å². The zero-order chi connectivity index (χ0) is 16.8. The van der Waals surface area contributed by atoms with Gasteiger partial charge in [-0.3, -0.25) is 19.3 Å². The molecule has 0 radical (unpaired) electrons. The monoisotopic (exact) mass is 309 g/mol. The average Bonchev–Trinajstić information content (AvgIpc) is 2.82. The first-order valence-corrected chi connectivity index (χ1v) is 7.57. The van der Waals surface area contributed by atoms with Crippen LogP contribution in [-0.2, 0) is 0 Å². The van der Waals surface area contributed by atoms with E-state index >= 15 is 0 Å². The van der Waals surface area contributed by atoms with Crippen LogP contribution in [0.1, 0.15) is 51.3 Å². The third-order valence-electron chi connectivity index (χ3n) is 3.51. The first-order valence-electron chi connectivity index (χ1n) is 7.57. The zero-order valence-corrected chi connectivity index (χ0v) is 13.3. The Kier molecular flexibility index (Phi) is 5.41. The van der Waals surface area contributed by atoms with Gasteiger partial charge in [-0.05, 0) is 25.5 Å². The van der Waals surface area contributed by atoms with E-state index in [0.29, 0.717) is 17.7 Å². The van der Waals surface area contributed by atoms with Gasteiger partial charge in [0.15, 0.2) is 5.78 Å². The van der Waals surface area contributed by atoms with Crippen LogP contribution in [0.4, 0.5) is 0 Å². The molecule has 0 spiro atoms. The molecule has 0 aromatic heterocycles. The highest BCUT2D eigenvalue weighted by Gasteiger charge is 2.33. The molecule has 23 heavy (non-hydrogen) atoms. The molecule has 4 heteroatoms. The summed E-state index contributed by atoms with van der Waals surface area (Å²) in [7, 11) is 0. The second-order valence-electron chi connectivity index (χ2n) is 5.23. The third kappa shape index (κ3) is 3.72. The maximum absolute atomic E-state index is 11.7. The van der Waals surface area contributed by atoms with Gasteiger partial charge in [0.1, 0.15) is 0 Å². The number of carbonyl (C=O) groups is 3. The van der Waals surface area contributed by atoms with Crippen molar-refractivity contribution in [1.29, 1.82) is 0 Å². The fourth-order valence-electron chi connectivity index (χ4n) is 2.34. The number of hydrogen-bond donors (Lipinski definition) is 0. The Balaban J connectivity index is 0.000000185. The fourth-order valence-corrected chi connectivity index (χ4v) is 2.34. The predicted molar refractivity (Wildman–Crippen MR) is 88.5 cm³/mol. The molecule has 0 atom stereocenters. The maximum atomic E-state index is 11.7. The first-order chi connectivity index (χ1) is 11.1. The predicted octanol–water partition coefficient (Wildman–Crippen LogP) is 3.58. The van der Waals surface area contributed by atoms with Crippen LogP contribution in [0.15, 0.2) is 54.6 Å². The number of nitrogens with zero attached hydrogens (tertiary/aromatic N) is 1. The van der Waals surface area contributed by atoms with Crippen molar-refractivity contribution < 1.29 is 14.4 Å². The molecule has 0 unspecified atom stereocenters. The largest absolute Gasteiger partial charge is 0.295 e. The quantitative estimate of drug-likeness (QED) is 0.643. The van der Waals surface area contributed by atoms with Gasteiger partial charge in [-0.2, -0.15) is 0 Å². The molecule has 2 aromatic rings. The van der Waals surface area contributed by atoms with Crippen molar-refractivity contribution in [3.8, 4) is 0 Å².